The van der Waals surface area contributed by atoms with Crippen LogP contribution in [0.1, 0.15) is 0 Å². The first-order chi connectivity index (χ1) is 8.79. The predicted molar refractivity (Wildman–Crippen MR) is 80.7 cm³/mol. The number of anilines is 1. The van der Waals surface area contributed by atoms with Crippen molar-refractivity contribution in [2.75, 3.05) is 5.32 Å². The Kier molecular flexibility index (Phi) is 4.44. The molecule has 0 unspecified atom stereocenters. The number of thiocarbonyl (C=S) groups is 1. The van der Waals surface area contributed by atoms with E-state index in [4.69, 9.17) is 12.2 Å². The Balaban J connectivity index is 2.15. The van der Waals surface area contributed by atoms with Gasteiger partial charge in [0.15, 0.2) is 9.91 Å². The SMILES string of the molecule is C=CCn1ccs/c1=N/C(=S)Nc1ccccc1. The molecule has 1 N–H and O–H groups in total. The second-order valence-corrected chi connectivity index (χ2v) is 4.79. The number of hydrogen-bond donors (Lipinski definition) is 1. The lowest BCUT2D eigenvalue weighted by atomic mass is 10.3. The molecule has 0 aliphatic heterocycles. The summed E-state index contributed by atoms with van der Waals surface area (Å²) in [6.07, 6.45) is 3.80. The summed E-state index contributed by atoms with van der Waals surface area (Å²) in [5.41, 5.74) is 0.943. The van der Waals surface area contributed by atoms with Crippen molar-refractivity contribution in [2.45, 2.75) is 6.54 Å². The quantitative estimate of drug-likeness (QED) is 0.689. The number of para-hydroxylation sites is 1. The summed E-state index contributed by atoms with van der Waals surface area (Å²) in [6.45, 7) is 4.45. The Hall–Kier alpha value is -1.72. The molecule has 0 fully saturated rings. The van der Waals surface area contributed by atoms with Crippen molar-refractivity contribution < 1.29 is 0 Å². The summed E-state index contributed by atoms with van der Waals surface area (Å²) in [7, 11) is 0. The second kappa shape index (κ2) is 6.28. The number of nitrogens with one attached hydrogen (secondary N) is 1. The van der Waals surface area contributed by atoms with Crippen LogP contribution in [0.15, 0.2) is 59.6 Å². The van der Waals surface area contributed by atoms with Gasteiger partial charge in [-0.25, -0.2) is 0 Å². The van der Waals surface area contributed by atoms with Crippen molar-refractivity contribution in [1.82, 2.24) is 4.57 Å². The van der Waals surface area contributed by atoms with Crippen molar-refractivity contribution in [3.05, 3.63) is 59.4 Å². The summed E-state index contributed by atoms with van der Waals surface area (Å²) in [5, 5.41) is 5.52. The molecule has 1 aromatic heterocycles. The van der Waals surface area contributed by atoms with Gasteiger partial charge in [-0.1, -0.05) is 24.3 Å². The third-order valence-electron chi connectivity index (χ3n) is 2.21. The van der Waals surface area contributed by atoms with Crippen molar-refractivity contribution in [1.29, 1.82) is 0 Å². The van der Waals surface area contributed by atoms with Gasteiger partial charge in [0.1, 0.15) is 0 Å². The van der Waals surface area contributed by atoms with Crippen LogP contribution in [0.2, 0.25) is 0 Å². The van der Waals surface area contributed by atoms with Gasteiger partial charge in [0.2, 0.25) is 0 Å². The third kappa shape index (κ3) is 3.38. The first-order valence-corrected chi connectivity index (χ1v) is 6.74. The number of aromatic nitrogens is 1. The maximum absolute atomic E-state index is 5.22. The number of rotatable bonds is 3. The minimum Gasteiger partial charge on any atom is -0.331 e. The summed E-state index contributed by atoms with van der Waals surface area (Å²) in [5.74, 6) is 0. The monoisotopic (exact) mass is 275 g/mol. The highest BCUT2D eigenvalue weighted by Gasteiger charge is 1.97. The van der Waals surface area contributed by atoms with Gasteiger partial charge >= 0.3 is 0 Å². The van der Waals surface area contributed by atoms with E-state index in [1.807, 2.05) is 52.6 Å². The summed E-state index contributed by atoms with van der Waals surface area (Å²) >= 11 is 6.77. The fourth-order valence-corrected chi connectivity index (χ4v) is 2.43. The lowest BCUT2D eigenvalue weighted by Gasteiger charge is -2.03. The Morgan fingerprint density at radius 2 is 2.22 bits per heavy atom. The highest BCUT2D eigenvalue weighted by Crippen LogP contribution is 2.05. The molecule has 2 rings (SSSR count). The zero-order valence-electron chi connectivity index (χ0n) is 9.74. The Bertz CT molecular complexity index is 596. The molecule has 0 bridgehead atoms. The van der Waals surface area contributed by atoms with Crippen LogP contribution < -0.4 is 10.1 Å². The van der Waals surface area contributed by atoms with E-state index in [1.54, 1.807) is 11.3 Å². The zero-order chi connectivity index (χ0) is 12.8. The van der Waals surface area contributed by atoms with Crippen molar-refractivity contribution in [3.8, 4) is 0 Å². The van der Waals surface area contributed by atoms with Crippen molar-refractivity contribution in [2.24, 2.45) is 4.99 Å². The first kappa shape index (κ1) is 12.7. The van der Waals surface area contributed by atoms with Crippen LogP contribution in [-0.4, -0.2) is 9.68 Å². The van der Waals surface area contributed by atoms with Gasteiger partial charge in [0.25, 0.3) is 0 Å². The van der Waals surface area contributed by atoms with Gasteiger partial charge in [0.05, 0.1) is 0 Å². The topological polar surface area (TPSA) is 29.3 Å². The van der Waals surface area contributed by atoms with Gasteiger partial charge in [-0.15, -0.1) is 17.9 Å². The van der Waals surface area contributed by atoms with E-state index in [1.165, 1.54) is 0 Å². The average molecular weight is 275 g/mol. The standard InChI is InChI=1S/C13H13N3S2/c1-2-8-16-9-10-18-13(16)15-12(17)14-11-6-4-3-5-7-11/h2-7,9-10H,1,8H2,(H,14,17)/b15-13+. The van der Waals surface area contributed by atoms with E-state index < -0.39 is 0 Å². The van der Waals surface area contributed by atoms with Crippen LogP contribution in [0.4, 0.5) is 5.69 Å². The molecule has 92 valence electrons. The summed E-state index contributed by atoms with van der Waals surface area (Å²) in [6, 6.07) is 9.77. The highest BCUT2D eigenvalue weighted by molar-refractivity contribution is 7.80. The van der Waals surface area contributed by atoms with Crippen LogP contribution in [0.3, 0.4) is 0 Å². The van der Waals surface area contributed by atoms with E-state index in [0.717, 1.165) is 17.0 Å². The van der Waals surface area contributed by atoms with E-state index >= 15 is 0 Å². The average Bonchev–Trinajstić information content (AvgIpc) is 2.78. The molecule has 18 heavy (non-hydrogen) atoms. The molecule has 5 heteroatoms. The van der Waals surface area contributed by atoms with Crippen LogP contribution in [0.25, 0.3) is 0 Å². The molecule has 0 saturated heterocycles. The zero-order valence-corrected chi connectivity index (χ0v) is 11.4. The maximum Gasteiger partial charge on any atom is 0.199 e. The molecule has 0 atom stereocenters. The molecule has 0 aliphatic rings. The largest absolute Gasteiger partial charge is 0.331 e. The van der Waals surface area contributed by atoms with Gasteiger partial charge in [-0.3, -0.25) is 0 Å². The first-order valence-electron chi connectivity index (χ1n) is 5.45. The van der Waals surface area contributed by atoms with Gasteiger partial charge in [0, 0.05) is 23.8 Å². The minimum absolute atomic E-state index is 0.460. The number of allylic oxidation sites excluding steroid dienone is 1. The van der Waals surface area contributed by atoms with Crippen LogP contribution in [0.5, 0.6) is 0 Å². The van der Waals surface area contributed by atoms with E-state index in [0.29, 0.717) is 5.11 Å². The Morgan fingerprint density at radius 1 is 1.44 bits per heavy atom. The number of benzene rings is 1. The highest BCUT2D eigenvalue weighted by atomic mass is 32.1. The normalized spacial score (nSPS) is 11.2. The molecule has 0 radical (unpaired) electrons. The molecular weight excluding hydrogens is 262 g/mol. The predicted octanol–water partition coefficient (Wildman–Crippen LogP) is 3.03. The van der Waals surface area contributed by atoms with Gasteiger partial charge in [-0.2, -0.15) is 4.99 Å². The van der Waals surface area contributed by atoms with E-state index in [9.17, 15) is 0 Å². The van der Waals surface area contributed by atoms with Crippen LogP contribution in [-0.2, 0) is 6.54 Å². The van der Waals surface area contributed by atoms with E-state index in [2.05, 4.69) is 16.9 Å². The second-order valence-electron chi connectivity index (χ2n) is 3.53. The third-order valence-corrected chi connectivity index (χ3v) is 3.20. The molecule has 0 spiro atoms. The van der Waals surface area contributed by atoms with Crippen molar-refractivity contribution in [3.63, 3.8) is 0 Å². The van der Waals surface area contributed by atoms with Crippen molar-refractivity contribution >= 4 is 34.4 Å². The van der Waals surface area contributed by atoms with Gasteiger partial charge in [-0.05, 0) is 24.4 Å². The minimum atomic E-state index is 0.460. The van der Waals surface area contributed by atoms with Gasteiger partial charge < -0.3 is 9.88 Å². The summed E-state index contributed by atoms with van der Waals surface area (Å²) < 4.78 is 2.00. The lowest BCUT2D eigenvalue weighted by molar-refractivity contribution is 0.794. The summed E-state index contributed by atoms with van der Waals surface area (Å²) in [4.78, 5) is 5.25. The fourth-order valence-electron chi connectivity index (χ4n) is 1.42. The molecule has 1 aromatic carbocycles. The molecule has 3 nitrogen and oxygen atoms in total. The molecular formula is C13H13N3S2. The molecule has 2 aromatic rings. The Labute approximate surface area is 115 Å². The molecule has 0 amide bonds. The fraction of sp³-hybridized carbons (Fsp3) is 0.0769. The smallest absolute Gasteiger partial charge is 0.199 e. The lowest BCUT2D eigenvalue weighted by Crippen LogP contribution is -2.17. The number of thiazole rings is 1. The van der Waals surface area contributed by atoms with Crippen LogP contribution in [0, 0.1) is 0 Å². The Morgan fingerprint density at radius 3 is 2.94 bits per heavy atom. The molecule has 0 saturated carbocycles. The van der Waals surface area contributed by atoms with E-state index in [-0.39, 0.29) is 0 Å². The van der Waals surface area contributed by atoms with Crippen LogP contribution >= 0.6 is 23.6 Å². The molecule has 0 aliphatic carbocycles. The maximum atomic E-state index is 5.22. The number of nitrogens with zero attached hydrogens (tertiary/aromatic N) is 2. The molecule has 1 heterocycles. The number of hydrogen-bond acceptors (Lipinski definition) is 2.